The van der Waals surface area contributed by atoms with Crippen molar-refractivity contribution in [1.29, 1.82) is 0 Å². The van der Waals surface area contributed by atoms with Gasteiger partial charge in [0.15, 0.2) is 0 Å². The fourth-order valence-corrected chi connectivity index (χ4v) is 3.76. The molecule has 2 aromatic heterocycles. The standard InChI is InChI=1S/C16H21N5OS/c1-11-2-5-21(13(6-11)8-17)15(22)7-12-10-23-16(20-12)14-9-18-3-4-19-14/h3-4,9-11,13H,2,5-8,17H2,1H3. The maximum absolute atomic E-state index is 12.6. The molecule has 3 heterocycles. The summed E-state index contributed by atoms with van der Waals surface area (Å²) in [6.45, 7) is 3.54. The highest BCUT2D eigenvalue weighted by molar-refractivity contribution is 7.13. The molecule has 1 amide bonds. The second-order valence-electron chi connectivity index (χ2n) is 6.02. The first-order chi connectivity index (χ1) is 11.2. The van der Waals surface area contributed by atoms with Gasteiger partial charge in [0.25, 0.3) is 0 Å². The number of likely N-dealkylation sites (tertiary alicyclic amines) is 1. The second-order valence-corrected chi connectivity index (χ2v) is 6.88. The maximum Gasteiger partial charge on any atom is 0.228 e. The first-order valence-electron chi connectivity index (χ1n) is 7.87. The normalized spacial score (nSPS) is 21.4. The third-order valence-electron chi connectivity index (χ3n) is 4.24. The molecule has 0 radical (unpaired) electrons. The maximum atomic E-state index is 12.6. The highest BCUT2D eigenvalue weighted by Gasteiger charge is 2.29. The number of carbonyl (C=O) groups excluding carboxylic acids is 1. The number of amides is 1. The lowest BCUT2D eigenvalue weighted by Gasteiger charge is -2.38. The van der Waals surface area contributed by atoms with Gasteiger partial charge in [-0.25, -0.2) is 4.98 Å². The molecule has 7 heteroatoms. The lowest BCUT2D eigenvalue weighted by Crippen LogP contribution is -2.49. The van der Waals surface area contributed by atoms with Crippen LogP contribution in [-0.4, -0.2) is 44.9 Å². The van der Waals surface area contributed by atoms with Gasteiger partial charge in [-0.05, 0) is 18.8 Å². The Morgan fingerprint density at radius 1 is 1.48 bits per heavy atom. The van der Waals surface area contributed by atoms with Crippen LogP contribution in [0.1, 0.15) is 25.5 Å². The third-order valence-corrected chi connectivity index (χ3v) is 5.15. The van der Waals surface area contributed by atoms with Gasteiger partial charge in [-0.3, -0.25) is 14.8 Å². The van der Waals surface area contributed by atoms with E-state index in [9.17, 15) is 4.79 Å². The van der Waals surface area contributed by atoms with Crippen LogP contribution in [0.25, 0.3) is 10.7 Å². The molecule has 1 aliphatic heterocycles. The fraction of sp³-hybridized carbons (Fsp3) is 0.500. The van der Waals surface area contributed by atoms with E-state index in [1.165, 1.54) is 11.3 Å². The van der Waals surface area contributed by atoms with Crippen LogP contribution in [0.4, 0.5) is 0 Å². The Kier molecular flexibility index (Phi) is 4.97. The van der Waals surface area contributed by atoms with Crippen molar-refractivity contribution in [2.45, 2.75) is 32.2 Å². The molecule has 0 saturated carbocycles. The Morgan fingerprint density at radius 3 is 3.09 bits per heavy atom. The number of nitrogens with zero attached hydrogens (tertiary/aromatic N) is 4. The number of hydrogen-bond donors (Lipinski definition) is 1. The van der Waals surface area contributed by atoms with E-state index in [0.29, 0.717) is 18.9 Å². The van der Waals surface area contributed by atoms with Crippen molar-refractivity contribution < 1.29 is 4.79 Å². The van der Waals surface area contributed by atoms with Gasteiger partial charge in [0.1, 0.15) is 10.7 Å². The van der Waals surface area contributed by atoms with Gasteiger partial charge in [-0.1, -0.05) is 6.92 Å². The number of rotatable bonds is 4. The minimum absolute atomic E-state index is 0.114. The van der Waals surface area contributed by atoms with E-state index in [1.807, 2.05) is 10.3 Å². The first kappa shape index (κ1) is 16.0. The van der Waals surface area contributed by atoms with Crippen LogP contribution in [0.15, 0.2) is 24.0 Å². The molecule has 122 valence electrons. The Balaban J connectivity index is 1.67. The average molecular weight is 331 g/mol. The SMILES string of the molecule is CC1CCN(C(=O)Cc2csc(-c3cnccn3)n2)C(CN)C1. The van der Waals surface area contributed by atoms with Crippen molar-refractivity contribution in [3.63, 3.8) is 0 Å². The Bertz CT molecular complexity index is 660. The molecule has 1 aliphatic rings. The molecular weight excluding hydrogens is 310 g/mol. The number of aromatic nitrogens is 3. The molecule has 2 N–H and O–H groups in total. The molecule has 2 atom stereocenters. The quantitative estimate of drug-likeness (QED) is 0.922. The summed E-state index contributed by atoms with van der Waals surface area (Å²) in [6.07, 6.45) is 7.31. The van der Waals surface area contributed by atoms with Gasteiger partial charge < -0.3 is 10.6 Å². The molecule has 0 aromatic carbocycles. The highest BCUT2D eigenvalue weighted by atomic mass is 32.1. The molecule has 0 spiro atoms. The molecule has 23 heavy (non-hydrogen) atoms. The van der Waals surface area contributed by atoms with Crippen LogP contribution < -0.4 is 5.73 Å². The van der Waals surface area contributed by atoms with Crippen molar-refractivity contribution in [3.8, 4) is 10.7 Å². The summed E-state index contributed by atoms with van der Waals surface area (Å²) in [6, 6.07) is 0.157. The topological polar surface area (TPSA) is 85.0 Å². The van der Waals surface area contributed by atoms with Crippen LogP contribution in [0.2, 0.25) is 0 Å². The van der Waals surface area contributed by atoms with Crippen molar-refractivity contribution >= 4 is 17.2 Å². The fourth-order valence-electron chi connectivity index (χ4n) is 2.98. The summed E-state index contributed by atoms with van der Waals surface area (Å²) in [5, 5.41) is 2.72. The Labute approximate surface area is 139 Å². The number of piperidine rings is 1. The zero-order valence-corrected chi connectivity index (χ0v) is 14.0. The second kappa shape index (κ2) is 7.14. The lowest BCUT2D eigenvalue weighted by molar-refractivity contribution is -0.134. The molecular formula is C16H21N5OS. The number of hydrogen-bond acceptors (Lipinski definition) is 6. The molecule has 3 rings (SSSR count). The summed E-state index contributed by atoms with van der Waals surface area (Å²) in [7, 11) is 0. The van der Waals surface area contributed by atoms with Gasteiger partial charge in [0.2, 0.25) is 5.91 Å². The average Bonchev–Trinajstić information content (AvgIpc) is 3.04. The van der Waals surface area contributed by atoms with Gasteiger partial charge in [0.05, 0.1) is 18.3 Å². The predicted octanol–water partition coefficient (Wildman–Crippen LogP) is 1.73. The smallest absolute Gasteiger partial charge is 0.228 e. The van der Waals surface area contributed by atoms with Crippen LogP contribution in [0.5, 0.6) is 0 Å². The zero-order valence-electron chi connectivity index (χ0n) is 13.2. The van der Waals surface area contributed by atoms with E-state index in [-0.39, 0.29) is 11.9 Å². The van der Waals surface area contributed by atoms with E-state index in [0.717, 1.165) is 35.8 Å². The summed E-state index contributed by atoms with van der Waals surface area (Å²) in [5.41, 5.74) is 7.37. The minimum Gasteiger partial charge on any atom is -0.338 e. The van der Waals surface area contributed by atoms with Crippen LogP contribution in [0, 0.1) is 5.92 Å². The number of carbonyl (C=O) groups is 1. The molecule has 0 bridgehead atoms. The lowest BCUT2D eigenvalue weighted by atomic mass is 9.92. The van der Waals surface area contributed by atoms with Crippen molar-refractivity contribution in [2.24, 2.45) is 11.7 Å². The van der Waals surface area contributed by atoms with Crippen molar-refractivity contribution in [1.82, 2.24) is 19.9 Å². The van der Waals surface area contributed by atoms with Gasteiger partial charge in [-0.2, -0.15) is 0 Å². The van der Waals surface area contributed by atoms with Crippen molar-refractivity contribution in [3.05, 3.63) is 29.7 Å². The molecule has 0 aliphatic carbocycles. The summed E-state index contributed by atoms with van der Waals surface area (Å²) < 4.78 is 0. The summed E-state index contributed by atoms with van der Waals surface area (Å²) >= 11 is 1.49. The molecule has 1 fully saturated rings. The van der Waals surface area contributed by atoms with E-state index < -0.39 is 0 Å². The molecule has 2 unspecified atom stereocenters. The van der Waals surface area contributed by atoms with E-state index >= 15 is 0 Å². The molecule has 1 saturated heterocycles. The zero-order chi connectivity index (χ0) is 16.2. The first-order valence-corrected chi connectivity index (χ1v) is 8.75. The number of nitrogens with two attached hydrogens (primary N) is 1. The molecule has 6 nitrogen and oxygen atoms in total. The van der Waals surface area contributed by atoms with Crippen molar-refractivity contribution in [2.75, 3.05) is 13.1 Å². The van der Waals surface area contributed by atoms with Crippen LogP contribution >= 0.6 is 11.3 Å². The Morgan fingerprint density at radius 2 is 2.35 bits per heavy atom. The minimum atomic E-state index is 0.114. The van der Waals surface area contributed by atoms with E-state index in [4.69, 9.17) is 5.73 Å². The van der Waals surface area contributed by atoms with E-state index in [2.05, 4.69) is 21.9 Å². The third kappa shape index (κ3) is 3.73. The number of thiazole rings is 1. The predicted molar refractivity (Wildman–Crippen MR) is 89.8 cm³/mol. The largest absolute Gasteiger partial charge is 0.338 e. The molecule has 2 aromatic rings. The van der Waals surface area contributed by atoms with Gasteiger partial charge >= 0.3 is 0 Å². The van der Waals surface area contributed by atoms with Crippen LogP contribution in [0.3, 0.4) is 0 Å². The van der Waals surface area contributed by atoms with Gasteiger partial charge in [0, 0.05) is 36.9 Å². The Hall–Kier alpha value is -1.86. The summed E-state index contributed by atoms with van der Waals surface area (Å²) in [4.78, 5) is 27.3. The van der Waals surface area contributed by atoms with E-state index in [1.54, 1.807) is 18.6 Å². The van der Waals surface area contributed by atoms with Gasteiger partial charge in [-0.15, -0.1) is 11.3 Å². The van der Waals surface area contributed by atoms with Crippen LogP contribution in [-0.2, 0) is 11.2 Å². The highest BCUT2D eigenvalue weighted by Crippen LogP contribution is 2.24. The summed E-state index contributed by atoms with van der Waals surface area (Å²) in [5.74, 6) is 0.749. The monoisotopic (exact) mass is 331 g/mol.